The van der Waals surface area contributed by atoms with Gasteiger partial charge in [0.1, 0.15) is 5.75 Å². The van der Waals surface area contributed by atoms with E-state index in [4.69, 9.17) is 23.4 Å². The van der Waals surface area contributed by atoms with Crippen molar-refractivity contribution in [3.05, 3.63) is 60.7 Å². The highest BCUT2D eigenvalue weighted by Gasteiger charge is 2.53. The first-order valence-corrected chi connectivity index (χ1v) is 17.2. The summed E-state index contributed by atoms with van der Waals surface area (Å²) >= 11 is 0. The van der Waals surface area contributed by atoms with Crippen LogP contribution in [0.4, 0.5) is 0 Å². The van der Waals surface area contributed by atoms with Crippen molar-refractivity contribution >= 4 is 47.0 Å². The van der Waals surface area contributed by atoms with Gasteiger partial charge in [0.25, 0.3) is 0 Å². The minimum absolute atomic E-state index is 0.415. The first-order chi connectivity index (χ1) is 21.7. The fraction of sp³-hybridized carbons (Fsp3) is 0.526. The van der Waals surface area contributed by atoms with E-state index in [1.165, 1.54) is 19.3 Å². The quantitative estimate of drug-likeness (QED) is 0.168. The lowest BCUT2D eigenvalue weighted by atomic mass is 9.77. The van der Waals surface area contributed by atoms with Crippen molar-refractivity contribution in [1.29, 1.82) is 0 Å². The predicted molar refractivity (Wildman–Crippen MR) is 191 cm³/mol. The first kappa shape index (κ1) is 33.1. The molecule has 2 saturated heterocycles. The van der Waals surface area contributed by atoms with Crippen LogP contribution in [0.25, 0.3) is 27.5 Å². The molecule has 1 aromatic heterocycles. The molecule has 0 spiro atoms. The summed E-state index contributed by atoms with van der Waals surface area (Å²) in [6.45, 7) is 22.0. The molecule has 1 atom stereocenters. The van der Waals surface area contributed by atoms with Crippen LogP contribution in [0.15, 0.2) is 60.7 Å². The third kappa shape index (κ3) is 5.91. The Morgan fingerprint density at radius 3 is 1.52 bits per heavy atom. The molecule has 2 aliphatic heterocycles. The van der Waals surface area contributed by atoms with E-state index >= 15 is 0 Å². The van der Waals surface area contributed by atoms with Crippen LogP contribution >= 0.6 is 0 Å². The third-order valence-electron chi connectivity index (χ3n) is 11.0. The summed E-state index contributed by atoms with van der Waals surface area (Å²) in [6, 6.07) is 21.6. The number of ether oxygens (including phenoxy) is 1. The van der Waals surface area contributed by atoms with Crippen LogP contribution in [0.3, 0.4) is 0 Å². The fourth-order valence-electron chi connectivity index (χ4n) is 6.39. The Hall–Kier alpha value is -2.77. The number of hydrogen-bond acceptors (Lipinski definition) is 5. The van der Waals surface area contributed by atoms with E-state index < -0.39 is 36.6 Å². The lowest BCUT2D eigenvalue weighted by Gasteiger charge is -2.32. The Labute approximate surface area is 276 Å². The van der Waals surface area contributed by atoms with E-state index in [-0.39, 0.29) is 0 Å². The van der Waals surface area contributed by atoms with Gasteiger partial charge in [-0.15, -0.1) is 0 Å². The van der Waals surface area contributed by atoms with Crippen LogP contribution in [0.2, 0.25) is 0 Å². The molecule has 244 valence electrons. The lowest BCUT2D eigenvalue weighted by Crippen LogP contribution is -2.41. The van der Waals surface area contributed by atoms with Crippen molar-refractivity contribution in [3.8, 4) is 11.4 Å². The lowest BCUT2D eigenvalue weighted by molar-refractivity contribution is 0.00578. The van der Waals surface area contributed by atoms with Gasteiger partial charge >= 0.3 is 14.2 Å². The van der Waals surface area contributed by atoms with Gasteiger partial charge in [0.15, 0.2) is 0 Å². The van der Waals surface area contributed by atoms with E-state index in [0.29, 0.717) is 5.92 Å². The molecule has 2 aliphatic rings. The van der Waals surface area contributed by atoms with E-state index in [1.54, 1.807) is 0 Å². The van der Waals surface area contributed by atoms with Gasteiger partial charge < -0.3 is 27.9 Å². The van der Waals surface area contributed by atoms with Crippen molar-refractivity contribution < 1.29 is 23.4 Å². The average Bonchev–Trinajstić information content (AvgIpc) is 3.53. The minimum Gasteiger partial charge on any atom is -0.493 e. The molecule has 3 aromatic carbocycles. The van der Waals surface area contributed by atoms with Crippen LogP contribution < -0.4 is 15.7 Å². The van der Waals surface area contributed by atoms with Crippen LogP contribution in [0.5, 0.6) is 5.75 Å². The minimum atomic E-state index is -0.445. The van der Waals surface area contributed by atoms with Crippen LogP contribution in [0, 0.1) is 5.92 Å². The summed E-state index contributed by atoms with van der Waals surface area (Å²) in [7, 11) is -0.889. The monoisotopic (exact) mass is 623 g/mol. The van der Waals surface area contributed by atoms with Crippen molar-refractivity contribution in [2.24, 2.45) is 5.92 Å². The first-order valence-electron chi connectivity index (χ1n) is 17.2. The second-order valence-corrected chi connectivity index (χ2v) is 15.3. The molecule has 2 fully saturated rings. The van der Waals surface area contributed by atoms with Gasteiger partial charge in [0, 0.05) is 16.5 Å². The zero-order valence-corrected chi connectivity index (χ0v) is 29.5. The summed E-state index contributed by atoms with van der Waals surface area (Å²) in [5.74, 6) is 1.50. The Balaban J connectivity index is 1.40. The van der Waals surface area contributed by atoms with Gasteiger partial charge in [-0.05, 0) is 115 Å². The molecule has 0 radical (unpaired) electrons. The van der Waals surface area contributed by atoms with Crippen LogP contribution in [-0.2, 0) is 18.6 Å². The molecule has 6 rings (SSSR count). The highest BCUT2D eigenvalue weighted by molar-refractivity contribution is 6.63. The largest absolute Gasteiger partial charge is 0.494 e. The summed E-state index contributed by atoms with van der Waals surface area (Å²) in [6.07, 6.45) is 4.83. The number of benzene rings is 3. The number of fused-ring (bicyclic) bond motifs is 3. The highest BCUT2D eigenvalue weighted by Crippen LogP contribution is 2.39. The fourth-order valence-corrected chi connectivity index (χ4v) is 6.39. The number of hydrogen-bond donors (Lipinski definition) is 0. The SMILES string of the molecule is CCCCC(CC)COc1ccc(-n2c3ccc(B4OC(C)(C)C(C)(C)O4)cc3c3cc(B4OC(C)(C)C(C)(C)O4)ccc32)cc1. The van der Waals surface area contributed by atoms with Gasteiger partial charge in [-0.2, -0.15) is 0 Å². The molecule has 1 unspecified atom stereocenters. The smallest absolute Gasteiger partial charge is 0.493 e. The second kappa shape index (κ2) is 12.0. The maximum atomic E-state index is 6.45. The van der Waals surface area contributed by atoms with Crippen molar-refractivity contribution in [2.75, 3.05) is 6.61 Å². The van der Waals surface area contributed by atoms with Crippen molar-refractivity contribution in [3.63, 3.8) is 0 Å². The van der Waals surface area contributed by atoms with Crippen molar-refractivity contribution in [1.82, 2.24) is 4.57 Å². The highest BCUT2D eigenvalue weighted by atomic mass is 16.7. The average molecular weight is 623 g/mol. The Morgan fingerprint density at radius 2 is 1.11 bits per heavy atom. The van der Waals surface area contributed by atoms with Gasteiger partial charge in [-0.1, -0.05) is 57.4 Å². The van der Waals surface area contributed by atoms with E-state index in [0.717, 1.165) is 57.2 Å². The predicted octanol–water partition coefficient (Wildman–Crippen LogP) is 7.98. The van der Waals surface area contributed by atoms with Crippen LogP contribution in [0.1, 0.15) is 94.9 Å². The van der Waals surface area contributed by atoms with Gasteiger partial charge in [0.2, 0.25) is 0 Å². The van der Waals surface area contributed by atoms with Gasteiger partial charge in [0.05, 0.1) is 40.0 Å². The van der Waals surface area contributed by atoms with Gasteiger partial charge in [-0.3, -0.25) is 0 Å². The second-order valence-electron chi connectivity index (χ2n) is 15.3. The molecule has 0 N–H and O–H groups in total. The summed E-state index contributed by atoms with van der Waals surface area (Å²) in [5.41, 5.74) is 3.65. The molecule has 4 aromatic rings. The summed E-state index contributed by atoms with van der Waals surface area (Å²) in [5, 5.41) is 2.25. The third-order valence-corrected chi connectivity index (χ3v) is 11.0. The van der Waals surface area contributed by atoms with Crippen molar-refractivity contribution in [2.45, 2.75) is 117 Å². The molecule has 46 heavy (non-hydrogen) atoms. The van der Waals surface area contributed by atoms with E-state index in [1.807, 2.05) is 0 Å². The molecular formula is C38H51B2NO5. The molecule has 6 nitrogen and oxygen atoms in total. The molecule has 3 heterocycles. The molecule has 0 saturated carbocycles. The Kier molecular flexibility index (Phi) is 8.67. The van der Waals surface area contributed by atoms with Crippen LogP contribution in [-0.4, -0.2) is 47.8 Å². The number of nitrogens with zero attached hydrogens (tertiary/aromatic N) is 1. The maximum absolute atomic E-state index is 6.45. The molecule has 8 heteroatoms. The Morgan fingerprint density at radius 1 is 0.652 bits per heavy atom. The molecule has 0 bridgehead atoms. The number of aromatic nitrogens is 1. The van der Waals surface area contributed by atoms with E-state index in [2.05, 4.69) is 134 Å². The zero-order valence-electron chi connectivity index (χ0n) is 29.5. The molecule has 0 amide bonds. The normalized spacial score (nSPS) is 20.6. The molecular weight excluding hydrogens is 572 g/mol. The molecule has 0 aliphatic carbocycles. The standard InChI is InChI=1S/C38H51B2NO5/c1-11-13-14-26(12-2)25-42-30-19-17-29(18-20-30)41-33-21-15-27(39-43-35(3,4)36(5,6)44-39)23-31(33)32-24-28(16-22-34(32)41)40-45-37(7,8)38(9,10)46-40/h15-24,26H,11-14,25H2,1-10H3. The Bertz CT molecular complexity index is 1580. The van der Waals surface area contributed by atoms with E-state index in [9.17, 15) is 0 Å². The topological polar surface area (TPSA) is 51.1 Å². The summed E-state index contributed by atoms with van der Waals surface area (Å²) in [4.78, 5) is 0. The number of unbranched alkanes of at least 4 members (excludes halogenated alkanes) is 1. The number of rotatable bonds is 10. The zero-order chi connectivity index (χ0) is 33.1. The maximum Gasteiger partial charge on any atom is 0.494 e. The summed E-state index contributed by atoms with van der Waals surface area (Å²) < 4.78 is 34.4. The van der Waals surface area contributed by atoms with Gasteiger partial charge in [-0.25, -0.2) is 0 Å².